The second kappa shape index (κ2) is 6.10. The van der Waals surface area contributed by atoms with E-state index in [1.165, 1.54) is 7.11 Å². The summed E-state index contributed by atoms with van der Waals surface area (Å²) in [6.07, 6.45) is 0.525. The van der Waals surface area contributed by atoms with E-state index in [4.69, 9.17) is 15.6 Å². The van der Waals surface area contributed by atoms with Crippen molar-refractivity contribution >= 4 is 11.6 Å². The van der Waals surface area contributed by atoms with Gasteiger partial charge in [0.2, 0.25) is 0 Å². The molecule has 1 aromatic carbocycles. The first-order valence-corrected chi connectivity index (χ1v) is 5.43. The van der Waals surface area contributed by atoms with Crippen molar-refractivity contribution in [3.05, 3.63) is 23.8 Å². The van der Waals surface area contributed by atoms with Gasteiger partial charge in [-0.05, 0) is 31.5 Å². The number of anilines is 1. The molecular formula is C12H18N2O3. The lowest BCUT2D eigenvalue weighted by atomic mass is 10.1. The molecular weight excluding hydrogens is 220 g/mol. The summed E-state index contributed by atoms with van der Waals surface area (Å²) in [7, 11) is 1.52. The summed E-state index contributed by atoms with van der Waals surface area (Å²) in [4.78, 5) is 11.8. The van der Waals surface area contributed by atoms with Gasteiger partial charge in [0, 0.05) is 18.2 Å². The van der Waals surface area contributed by atoms with Crippen molar-refractivity contribution < 1.29 is 14.6 Å². The van der Waals surface area contributed by atoms with Crippen molar-refractivity contribution in [2.75, 3.05) is 19.5 Å². The number of hydrogen-bond donors (Lipinski definition) is 3. The van der Waals surface area contributed by atoms with E-state index in [1.54, 1.807) is 18.2 Å². The number of aliphatic hydroxyl groups is 1. The van der Waals surface area contributed by atoms with Gasteiger partial charge in [0.15, 0.2) is 0 Å². The predicted molar refractivity (Wildman–Crippen MR) is 66.0 cm³/mol. The Morgan fingerprint density at radius 2 is 2.29 bits per heavy atom. The highest BCUT2D eigenvalue weighted by molar-refractivity contribution is 5.95. The SMILES string of the molecule is COc1ccc(C(=O)NC(C)CCO)cc1N. The molecule has 1 amide bonds. The van der Waals surface area contributed by atoms with Gasteiger partial charge >= 0.3 is 0 Å². The van der Waals surface area contributed by atoms with Crippen LogP contribution in [0.15, 0.2) is 18.2 Å². The van der Waals surface area contributed by atoms with Gasteiger partial charge in [0.25, 0.3) is 5.91 Å². The van der Waals surface area contributed by atoms with E-state index in [-0.39, 0.29) is 18.6 Å². The van der Waals surface area contributed by atoms with Crippen LogP contribution >= 0.6 is 0 Å². The van der Waals surface area contributed by atoms with Crippen LogP contribution in [0.5, 0.6) is 5.75 Å². The standard InChI is InChI=1S/C12H18N2O3/c1-8(5-6-15)14-12(16)9-3-4-11(17-2)10(13)7-9/h3-4,7-8,15H,5-6,13H2,1-2H3,(H,14,16). The van der Waals surface area contributed by atoms with Gasteiger partial charge in [-0.15, -0.1) is 0 Å². The molecule has 0 radical (unpaired) electrons. The Balaban J connectivity index is 2.72. The number of nitrogen functional groups attached to an aromatic ring is 1. The van der Waals surface area contributed by atoms with Crippen LogP contribution in [0.3, 0.4) is 0 Å². The summed E-state index contributed by atoms with van der Waals surface area (Å²) < 4.78 is 5.01. The average molecular weight is 238 g/mol. The zero-order chi connectivity index (χ0) is 12.8. The number of carbonyl (C=O) groups excluding carboxylic acids is 1. The first-order chi connectivity index (χ1) is 8.08. The number of hydrogen-bond acceptors (Lipinski definition) is 4. The van der Waals surface area contributed by atoms with E-state index in [2.05, 4.69) is 5.32 Å². The lowest BCUT2D eigenvalue weighted by molar-refractivity contribution is 0.0934. The minimum Gasteiger partial charge on any atom is -0.495 e. The van der Waals surface area contributed by atoms with E-state index < -0.39 is 0 Å². The Morgan fingerprint density at radius 1 is 1.59 bits per heavy atom. The van der Waals surface area contributed by atoms with Crippen molar-refractivity contribution in [2.45, 2.75) is 19.4 Å². The highest BCUT2D eigenvalue weighted by Gasteiger charge is 2.11. The maximum absolute atomic E-state index is 11.8. The number of carbonyl (C=O) groups is 1. The van der Waals surface area contributed by atoms with Gasteiger partial charge in [-0.1, -0.05) is 0 Å². The molecule has 5 nitrogen and oxygen atoms in total. The number of nitrogens with two attached hydrogens (primary N) is 1. The third-order valence-corrected chi connectivity index (χ3v) is 2.43. The highest BCUT2D eigenvalue weighted by Crippen LogP contribution is 2.21. The third-order valence-electron chi connectivity index (χ3n) is 2.43. The molecule has 0 aliphatic rings. The van der Waals surface area contributed by atoms with Gasteiger partial charge in [0.05, 0.1) is 12.8 Å². The molecule has 0 bridgehead atoms. The van der Waals surface area contributed by atoms with Gasteiger partial charge in [0.1, 0.15) is 5.75 Å². The van der Waals surface area contributed by atoms with E-state index >= 15 is 0 Å². The molecule has 0 aromatic heterocycles. The number of ether oxygens (including phenoxy) is 1. The minimum absolute atomic E-state index is 0.0478. The quantitative estimate of drug-likeness (QED) is 0.662. The number of benzene rings is 1. The topological polar surface area (TPSA) is 84.6 Å². The van der Waals surface area contributed by atoms with E-state index in [1.807, 2.05) is 6.92 Å². The Kier molecular flexibility index (Phi) is 4.78. The van der Waals surface area contributed by atoms with E-state index in [0.717, 1.165) is 0 Å². The molecule has 0 aliphatic heterocycles. The molecule has 0 fully saturated rings. The Bertz CT molecular complexity index is 393. The summed E-state index contributed by atoms with van der Waals surface area (Å²) in [6.45, 7) is 1.88. The highest BCUT2D eigenvalue weighted by atomic mass is 16.5. The molecule has 17 heavy (non-hydrogen) atoms. The zero-order valence-electron chi connectivity index (χ0n) is 10.1. The van der Waals surface area contributed by atoms with Crippen LogP contribution in [0.25, 0.3) is 0 Å². The second-order valence-corrected chi connectivity index (χ2v) is 3.84. The zero-order valence-corrected chi connectivity index (χ0v) is 10.1. The first-order valence-electron chi connectivity index (χ1n) is 5.43. The number of amides is 1. The van der Waals surface area contributed by atoms with Crippen LogP contribution in [0, 0.1) is 0 Å². The van der Waals surface area contributed by atoms with Crippen LogP contribution in [0.1, 0.15) is 23.7 Å². The molecule has 4 N–H and O–H groups in total. The predicted octanol–water partition coefficient (Wildman–Crippen LogP) is 0.778. The largest absolute Gasteiger partial charge is 0.495 e. The molecule has 0 saturated carbocycles. The molecule has 0 aliphatic carbocycles. The Hall–Kier alpha value is -1.75. The van der Waals surface area contributed by atoms with Crippen molar-refractivity contribution in [1.29, 1.82) is 0 Å². The fraction of sp³-hybridized carbons (Fsp3) is 0.417. The molecule has 0 heterocycles. The average Bonchev–Trinajstić information content (AvgIpc) is 2.29. The van der Waals surface area contributed by atoms with Crippen LogP contribution < -0.4 is 15.8 Å². The van der Waals surface area contributed by atoms with Crippen molar-refractivity contribution in [1.82, 2.24) is 5.32 Å². The maximum atomic E-state index is 11.8. The number of methoxy groups -OCH3 is 1. The second-order valence-electron chi connectivity index (χ2n) is 3.84. The van der Waals surface area contributed by atoms with Crippen molar-refractivity contribution in [2.24, 2.45) is 0 Å². The fourth-order valence-electron chi connectivity index (χ4n) is 1.45. The van der Waals surface area contributed by atoms with Gasteiger partial charge in [-0.2, -0.15) is 0 Å². The van der Waals surface area contributed by atoms with Crippen LogP contribution in [-0.4, -0.2) is 30.8 Å². The van der Waals surface area contributed by atoms with Gasteiger partial charge < -0.3 is 20.9 Å². The maximum Gasteiger partial charge on any atom is 0.251 e. The van der Waals surface area contributed by atoms with Crippen molar-refractivity contribution in [3.8, 4) is 5.75 Å². The number of aliphatic hydroxyl groups excluding tert-OH is 1. The molecule has 5 heteroatoms. The number of nitrogens with one attached hydrogen (secondary N) is 1. The summed E-state index contributed by atoms with van der Waals surface area (Å²) in [6, 6.07) is 4.80. The molecule has 1 rings (SSSR count). The molecule has 1 unspecified atom stereocenters. The van der Waals surface area contributed by atoms with E-state index in [9.17, 15) is 4.79 Å². The molecule has 0 saturated heterocycles. The molecule has 0 spiro atoms. The lowest BCUT2D eigenvalue weighted by Gasteiger charge is -2.13. The molecule has 94 valence electrons. The summed E-state index contributed by atoms with van der Waals surface area (Å²) in [5, 5.41) is 11.5. The van der Waals surface area contributed by atoms with Gasteiger partial charge in [-0.25, -0.2) is 0 Å². The first kappa shape index (κ1) is 13.3. The van der Waals surface area contributed by atoms with Crippen LogP contribution in [0.4, 0.5) is 5.69 Å². The fourth-order valence-corrected chi connectivity index (χ4v) is 1.45. The summed E-state index contributed by atoms with van der Waals surface area (Å²) in [5.74, 6) is 0.338. The Morgan fingerprint density at radius 3 is 2.82 bits per heavy atom. The lowest BCUT2D eigenvalue weighted by Crippen LogP contribution is -2.33. The summed E-state index contributed by atoms with van der Waals surface area (Å²) >= 11 is 0. The van der Waals surface area contributed by atoms with E-state index in [0.29, 0.717) is 23.4 Å². The number of rotatable bonds is 5. The van der Waals surface area contributed by atoms with Gasteiger partial charge in [-0.3, -0.25) is 4.79 Å². The molecule has 1 atom stereocenters. The monoisotopic (exact) mass is 238 g/mol. The van der Waals surface area contributed by atoms with Crippen LogP contribution in [-0.2, 0) is 0 Å². The van der Waals surface area contributed by atoms with Crippen LogP contribution in [0.2, 0.25) is 0 Å². The minimum atomic E-state index is -0.208. The Labute approximate surface area is 101 Å². The normalized spacial score (nSPS) is 11.9. The summed E-state index contributed by atoms with van der Waals surface area (Å²) in [5.41, 5.74) is 6.62. The smallest absolute Gasteiger partial charge is 0.251 e. The third kappa shape index (κ3) is 3.64. The molecule has 1 aromatic rings. The van der Waals surface area contributed by atoms with Crippen molar-refractivity contribution in [3.63, 3.8) is 0 Å².